The monoisotopic (exact) mass is 258 g/mol. The summed E-state index contributed by atoms with van der Waals surface area (Å²) < 4.78 is 0. The topological polar surface area (TPSA) is 29.3 Å². The van der Waals surface area contributed by atoms with Gasteiger partial charge in [-0.25, -0.2) is 0 Å². The van der Waals surface area contributed by atoms with Crippen LogP contribution in [0.15, 0.2) is 0 Å². The van der Waals surface area contributed by atoms with Gasteiger partial charge in [-0.2, -0.15) is 11.8 Å². The SMILES string of the molecule is CSCC(C)N(C)C1(CN)CCCC(C)(C)C1. The van der Waals surface area contributed by atoms with Crippen molar-refractivity contribution in [2.75, 3.05) is 25.6 Å². The Morgan fingerprint density at radius 3 is 2.47 bits per heavy atom. The molecule has 0 spiro atoms. The lowest BCUT2D eigenvalue weighted by atomic mass is 9.67. The summed E-state index contributed by atoms with van der Waals surface area (Å²) in [5, 5.41) is 0. The molecule has 2 atom stereocenters. The molecule has 1 fully saturated rings. The Kier molecular flexibility index (Phi) is 5.36. The lowest BCUT2D eigenvalue weighted by molar-refractivity contribution is 0.0101. The van der Waals surface area contributed by atoms with Gasteiger partial charge in [0.1, 0.15) is 0 Å². The van der Waals surface area contributed by atoms with Gasteiger partial charge >= 0.3 is 0 Å². The van der Waals surface area contributed by atoms with Gasteiger partial charge in [-0.05, 0) is 44.9 Å². The fourth-order valence-electron chi connectivity index (χ4n) is 3.40. The molecule has 0 saturated heterocycles. The van der Waals surface area contributed by atoms with Crippen molar-refractivity contribution in [2.45, 2.75) is 58.0 Å². The fourth-order valence-corrected chi connectivity index (χ4v) is 4.11. The third-order valence-electron chi connectivity index (χ3n) is 4.50. The average molecular weight is 258 g/mol. The van der Waals surface area contributed by atoms with Crippen LogP contribution in [-0.2, 0) is 0 Å². The fraction of sp³-hybridized carbons (Fsp3) is 1.00. The highest BCUT2D eigenvalue weighted by molar-refractivity contribution is 7.98. The molecule has 1 aliphatic rings. The first-order valence-electron chi connectivity index (χ1n) is 6.79. The molecule has 1 aliphatic carbocycles. The van der Waals surface area contributed by atoms with E-state index in [1.165, 1.54) is 31.4 Å². The number of nitrogens with two attached hydrogens (primary N) is 1. The summed E-state index contributed by atoms with van der Waals surface area (Å²) in [5.41, 5.74) is 6.83. The minimum atomic E-state index is 0.233. The summed E-state index contributed by atoms with van der Waals surface area (Å²) in [5.74, 6) is 1.19. The van der Waals surface area contributed by atoms with Crippen LogP contribution in [0.25, 0.3) is 0 Å². The van der Waals surface area contributed by atoms with Crippen molar-refractivity contribution in [3.63, 3.8) is 0 Å². The van der Waals surface area contributed by atoms with Crippen LogP contribution >= 0.6 is 11.8 Å². The van der Waals surface area contributed by atoms with Crippen molar-refractivity contribution in [2.24, 2.45) is 11.1 Å². The van der Waals surface area contributed by atoms with Crippen molar-refractivity contribution >= 4 is 11.8 Å². The van der Waals surface area contributed by atoms with Gasteiger partial charge < -0.3 is 5.73 Å². The molecule has 2 N–H and O–H groups in total. The first kappa shape index (κ1) is 15.3. The highest BCUT2D eigenvalue weighted by atomic mass is 32.2. The molecule has 102 valence electrons. The first-order chi connectivity index (χ1) is 7.87. The van der Waals surface area contributed by atoms with E-state index >= 15 is 0 Å². The molecule has 0 radical (unpaired) electrons. The van der Waals surface area contributed by atoms with E-state index in [0.29, 0.717) is 11.5 Å². The van der Waals surface area contributed by atoms with Gasteiger partial charge in [-0.1, -0.05) is 20.3 Å². The smallest absolute Gasteiger partial charge is 0.0336 e. The van der Waals surface area contributed by atoms with E-state index in [9.17, 15) is 0 Å². The van der Waals surface area contributed by atoms with E-state index in [-0.39, 0.29) is 5.54 Å². The minimum Gasteiger partial charge on any atom is -0.329 e. The van der Waals surface area contributed by atoms with Crippen LogP contribution in [0.3, 0.4) is 0 Å². The van der Waals surface area contributed by atoms with Crippen LogP contribution in [-0.4, -0.2) is 42.1 Å². The number of likely N-dealkylation sites (N-methyl/N-ethyl adjacent to an activating group) is 1. The van der Waals surface area contributed by atoms with E-state index in [2.05, 4.69) is 39.0 Å². The predicted octanol–water partition coefficient (Wildman–Crippen LogP) is 2.97. The van der Waals surface area contributed by atoms with Gasteiger partial charge in [0.05, 0.1) is 0 Å². The second-order valence-corrected chi connectivity index (χ2v) is 7.45. The molecule has 0 aromatic rings. The maximum atomic E-state index is 6.15. The summed E-state index contributed by atoms with van der Waals surface area (Å²) in [6, 6.07) is 0.613. The summed E-state index contributed by atoms with van der Waals surface area (Å²) in [4.78, 5) is 2.56. The van der Waals surface area contributed by atoms with Gasteiger partial charge in [0, 0.05) is 23.9 Å². The van der Waals surface area contributed by atoms with Crippen LogP contribution < -0.4 is 5.73 Å². The molecule has 3 heteroatoms. The Morgan fingerprint density at radius 1 is 1.35 bits per heavy atom. The molecule has 0 amide bonds. The second kappa shape index (κ2) is 5.94. The predicted molar refractivity (Wildman–Crippen MR) is 79.6 cm³/mol. The molecule has 1 rings (SSSR count). The van der Waals surface area contributed by atoms with Crippen LogP contribution in [0.4, 0.5) is 0 Å². The zero-order chi connectivity index (χ0) is 13.1. The van der Waals surface area contributed by atoms with Crippen LogP contribution in [0.5, 0.6) is 0 Å². The highest BCUT2D eigenvalue weighted by Gasteiger charge is 2.42. The zero-order valence-electron chi connectivity index (χ0n) is 12.3. The van der Waals surface area contributed by atoms with Crippen molar-refractivity contribution in [1.82, 2.24) is 4.90 Å². The number of nitrogens with zero attached hydrogens (tertiary/aromatic N) is 1. The summed E-state index contributed by atoms with van der Waals surface area (Å²) in [7, 11) is 2.27. The number of thioether (sulfide) groups is 1. The lowest BCUT2D eigenvalue weighted by Gasteiger charge is -2.51. The van der Waals surface area contributed by atoms with Crippen LogP contribution in [0.1, 0.15) is 46.5 Å². The van der Waals surface area contributed by atoms with E-state index in [4.69, 9.17) is 5.73 Å². The molecular weight excluding hydrogens is 228 g/mol. The average Bonchev–Trinajstić information content (AvgIpc) is 2.26. The summed E-state index contributed by atoms with van der Waals surface area (Å²) in [6.45, 7) is 7.91. The third kappa shape index (κ3) is 3.62. The highest BCUT2D eigenvalue weighted by Crippen LogP contribution is 2.43. The molecule has 2 nitrogen and oxygen atoms in total. The largest absolute Gasteiger partial charge is 0.329 e. The molecule has 17 heavy (non-hydrogen) atoms. The number of hydrogen-bond donors (Lipinski definition) is 1. The molecule has 0 aromatic carbocycles. The minimum absolute atomic E-state index is 0.233. The van der Waals surface area contributed by atoms with Gasteiger partial charge in [0.15, 0.2) is 0 Å². The van der Waals surface area contributed by atoms with E-state index in [1.54, 1.807) is 0 Å². The normalized spacial score (nSPS) is 30.5. The molecular formula is C14H30N2S. The molecule has 0 bridgehead atoms. The Balaban J connectivity index is 2.80. The van der Waals surface area contributed by atoms with Gasteiger partial charge in [0.2, 0.25) is 0 Å². The third-order valence-corrected chi connectivity index (χ3v) is 5.32. The Labute approximate surface area is 112 Å². The number of rotatable bonds is 5. The van der Waals surface area contributed by atoms with Crippen molar-refractivity contribution < 1.29 is 0 Å². The molecule has 0 aliphatic heterocycles. The summed E-state index contributed by atoms with van der Waals surface area (Å²) in [6.07, 6.45) is 7.36. The maximum absolute atomic E-state index is 6.15. The Bertz CT molecular complexity index is 242. The molecule has 0 aromatic heterocycles. The Morgan fingerprint density at radius 2 is 2.00 bits per heavy atom. The zero-order valence-corrected chi connectivity index (χ0v) is 13.1. The standard InChI is InChI=1S/C14H30N2S/c1-12(9-17-5)16(4)14(11-15)8-6-7-13(2,3)10-14/h12H,6-11,15H2,1-5H3. The van der Waals surface area contributed by atoms with Crippen molar-refractivity contribution in [3.05, 3.63) is 0 Å². The van der Waals surface area contributed by atoms with Crippen LogP contribution in [0.2, 0.25) is 0 Å². The molecule has 0 heterocycles. The Hall–Kier alpha value is 0.270. The van der Waals surface area contributed by atoms with E-state index in [0.717, 1.165) is 6.54 Å². The number of hydrogen-bond acceptors (Lipinski definition) is 3. The maximum Gasteiger partial charge on any atom is 0.0336 e. The molecule has 1 saturated carbocycles. The van der Waals surface area contributed by atoms with Gasteiger partial charge in [-0.15, -0.1) is 0 Å². The summed E-state index contributed by atoms with van der Waals surface area (Å²) >= 11 is 1.93. The van der Waals surface area contributed by atoms with Crippen molar-refractivity contribution in [1.29, 1.82) is 0 Å². The quantitative estimate of drug-likeness (QED) is 0.822. The van der Waals surface area contributed by atoms with E-state index in [1.807, 2.05) is 11.8 Å². The molecule has 2 unspecified atom stereocenters. The first-order valence-corrected chi connectivity index (χ1v) is 8.18. The van der Waals surface area contributed by atoms with Crippen molar-refractivity contribution in [3.8, 4) is 0 Å². The van der Waals surface area contributed by atoms with E-state index < -0.39 is 0 Å². The van der Waals surface area contributed by atoms with Gasteiger partial charge in [0.25, 0.3) is 0 Å². The lowest BCUT2D eigenvalue weighted by Crippen LogP contribution is -2.59. The van der Waals surface area contributed by atoms with Gasteiger partial charge in [-0.3, -0.25) is 4.90 Å². The van der Waals surface area contributed by atoms with Crippen LogP contribution in [0, 0.1) is 5.41 Å². The second-order valence-electron chi connectivity index (χ2n) is 6.54.